The minimum absolute atomic E-state index is 0.0677. The summed E-state index contributed by atoms with van der Waals surface area (Å²) in [6, 6.07) is 37.9. The molecule has 0 bridgehead atoms. The van der Waals surface area contributed by atoms with Crippen LogP contribution < -0.4 is 0 Å². The van der Waals surface area contributed by atoms with Crippen LogP contribution >= 0.6 is 0 Å². The van der Waals surface area contributed by atoms with Gasteiger partial charge in [0.15, 0.2) is 11.6 Å². The van der Waals surface area contributed by atoms with Crippen LogP contribution in [0.3, 0.4) is 0 Å². The summed E-state index contributed by atoms with van der Waals surface area (Å²) >= 11 is 0. The molecule has 8 heteroatoms. The maximum atomic E-state index is 15.9. The summed E-state index contributed by atoms with van der Waals surface area (Å²) in [5.41, 5.74) is 3.84. The van der Waals surface area contributed by atoms with Gasteiger partial charge in [0.05, 0.1) is 34.4 Å². The van der Waals surface area contributed by atoms with Gasteiger partial charge in [-0.3, -0.25) is 29.3 Å². The number of phenolic OH excluding ortho intramolecular Hbond substituents is 1. The SMILES string of the molecule is Cc1ccc([C@@H]2[C@@H](c3ccccn3)N3C(=O)[C@H](C(=O)c4ccccc4O)[C@@H](c4ccc(C)cc4)C[C@]3(c3ccccn3)[C@H]2C(=O)c2ccccn2)cc1. The summed E-state index contributed by atoms with van der Waals surface area (Å²) < 4.78 is 0. The van der Waals surface area contributed by atoms with Gasteiger partial charge in [0, 0.05) is 30.4 Å². The fraction of sp³-hybridized carbons (Fsp3) is 0.200. The zero-order valence-corrected chi connectivity index (χ0v) is 29.4. The molecular weight excluding hydrogens is 661 g/mol. The number of benzene rings is 3. The molecule has 8 rings (SSSR count). The number of pyridine rings is 3. The number of hydrogen-bond acceptors (Lipinski definition) is 7. The number of hydrogen-bond donors (Lipinski definition) is 1. The van der Waals surface area contributed by atoms with Crippen LogP contribution in [0, 0.1) is 25.7 Å². The average molecular weight is 699 g/mol. The van der Waals surface area contributed by atoms with Crippen molar-refractivity contribution >= 4 is 17.5 Å². The third kappa shape index (κ3) is 5.71. The first-order valence-corrected chi connectivity index (χ1v) is 17.9. The molecule has 2 saturated heterocycles. The molecule has 0 spiro atoms. The number of carbonyl (C=O) groups is 3. The summed E-state index contributed by atoms with van der Waals surface area (Å²) in [5, 5.41) is 11.0. The molecule has 5 heterocycles. The van der Waals surface area contributed by atoms with Gasteiger partial charge in [0.2, 0.25) is 5.91 Å². The maximum Gasteiger partial charge on any atom is 0.235 e. The van der Waals surface area contributed by atoms with Crippen molar-refractivity contribution in [1.29, 1.82) is 0 Å². The number of nitrogens with zero attached hydrogens (tertiary/aromatic N) is 4. The molecular formula is C45H38N4O4. The van der Waals surface area contributed by atoms with Crippen LogP contribution in [-0.4, -0.2) is 42.4 Å². The molecule has 1 amide bonds. The Morgan fingerprint density at radius 1 is 0.679 bits per heavy atom. The van der Waals surface area contributed by atoms with Gasteiger partial charge in [-0.25, -0.2) is 0 Å². The van der Waals surface area contributed by atoms with Crippen LogP contribution in [0.25, 0.3) is 0 Å². The molecule has 3 aromatic carbocycles. The Morgan fingerprint density at radius 3 is 1.89 bits per heavy atom. The highest BCUT2D eigenvalue weighted by Gasteiger charge is 2.69. The Hall–Kier alpha value is -6.28. The molecule has 0 radical (unpaired) electrons. The Balaban J connectivity index is 1.47. The van der Waals surface area contributed by atoms with E-state index in [0.717, 1.165) is 22.3 Å². The van der Waals surface area contributed by atoms with E-state index in [2.05, 4.69) is 4.98 Å². The molecule has 1 N–H and O–H groups in total. The van der Waals surface area contributed by atoms with E-state index in [1.54, 1.807) is 59.9 Å². The maximum absolute atomic E-state index is 15.9. The van der Waals surface area contributed by atoms with Crippen molar-refractivity contribution in [2.45, 2.75) is 43.7 Å². The molecule has 6 atom stereocenters. The number of phenols is 1. The second-order valence-electron chi connectivity index (χ2n) is 14.1. The number of para-hydroxylation sites is 1. The molecule has 6 aromatic rings. The Bertz CT molecular complexity index is 2280. The van der Waals surface area contributed by atoms with Crippen LogP contribution in [0.4, 0.5) is 0 Å². The average Bonchev–Trinajstić information content (AvgIpc) is 3.51. The van der Waals surface area contributed by atoms with Gasteiger partial charge in [-0.2, -0.15) is 0 Å². The standard InChI is InChI=1S/C45H38N4O4/c1-28-16-20-30(21-17-28)33-27-45(37-15-7-10-26-48-37)40(43(52)35-13-6-9-25-47-35)38(31-22-18-29(2)19-23-31)41(34-12-5-8-24-46-34)49(45)44(53)39(33)42(51)32-11-3-4-14-36(32)50/h3-26,33,38-41,50H,27H2,1-2H3/t33-,38+,39+,40-,41-,45+/m1/s1. The number of aryl methyl sites for hydroxylation is 2. The molecule has 0 saturated carbocycles. The summed E-state index contributed by atoms with van der Waals surface area (Å²) in [7, 11) is 0. The third-order valence-electron chi connectivity index (χ3n) is 11.1. The minimum atomic E-state index is -1.35. The van der Waals surface area contributed by atoms with Crippen molar-refractivity contribution in [3.63, 3.8) is 0 Å². The van der Waals surface area contributed by atoms with E-state index >= 15 is 9.59 Å². The van der Waals surface area contributed by atoms with Gasteiger partial charge in [0.25, 0.3) is 0 Å². The molecule has 2 aliphatic heterocycles. The summed E-state index contributed by atoms with van der Waals surface area (Å²) in [4.78, 5) is 62.3. The van der Waals surface area contributed by atoms with E-state index in [1.807, 2.05) is 98.8 Å². The fourth-order valence-corrected chi connectivity index (χ4v) is 8.72. The highest BCUT2D eigenvalue weighted by atomic mass is 16.3. The van der Waals surface area contributed by atoms with E-state index in [-0.39, 0.29) is 29.2 Å². The van der Waals surface area contributed by atoms with Crippen LogP contribution in [-0.2, 0) is 10.3 Å². The third-order valence-corrected chi connectivity index (χ3v) is 11.1. The number of ketones is 2. The monoisotopic (exact) mass is 698 g/mol. The lowest BCUT2D eigenvalue weighted by atomic mass is 9.62. The predicted molar refractivity (Wildman–Crippen MR) is 200 cm³/mol. The molecule has 3 aromatic heterocycles. The largest absolute Gasteiger partial charge is 0.507 e. The van der Waals surface area contributed by atoms with E-state index in [9.17, 15) is 9.90 Å². The van der Waals surface area contributed by atoms with Crippen LogP contribution in [0.15, 0.2) is 146 Å². The number of rotatable bonds is 8. The predicted octanol–water partition coefficient (Wildman–Crippen LogP) is 7.94. The number of aromatic nitrogens is 3. The van der Waals surface area contributed by atoms with E-state index in [4.69, 9.17) is 9.97 Å². The molecule has 2 fully saturated rings. The fourth-order valence-electron chi connectivity index (χ4n) is 8.72. The lowest BCUT2D eigenvalue weighted by Gasteiger charge is -2.51. The van der Waals surface area contributed by atoms with Gasteiger partial charge in [-0.1, -0.05) is 90.0 Å². The zero-order valence-electron chi connectivity index (χ0n) is 29.4. The van der Waals surface area contributed by atoms with Crippen molar-refractivity contribution in [1.82, 2.24) is 19.9 Å². The molecule has 53 heavy (non-hydrogen) atoms. The Morgan fingerprint density at radius 2 is 1.28 bits per heavy atom. The number of aromatic hydroxyl groups is 1. The topological polar surface area (TPSA) is 113 Å². The second-order valence-corrected chi connectivity index (χ2v) is 14.1. The molecule has 2 aliphatic rings. The number of Topliss-reactive ketones (excluding diaryl/α,β-unsaturated/α-hetero) is 2. The lowest BCUT2D eigenvalue weighted by Crippen LogP contribution is -2.59. The summed E-state index contributed by atoms with van der Waals surface area (Å²) in [6.45, 7) is 3.99. The van der Waals surface area contributed by atoms with Crippen molar-refractivity contribution in [3.8, 4) is 5.75 Å². The first kappa shape index (κ1) is 33.8. The molecule has 0 aliphatic carbocycles. The second kappa shape index (κ2) is 13.7. The lowest BCUT2D eigenvalue weighted by molar-refractivity contribution is -0.149. The first-order chi connectivity index (χ1) is 25.8. The highest BCUT2D eigenvalue weighted by Crippen LogP contribution is 2.65. The smallest absolute Gasteiger partial charge is 0.235 e. The number of piperidine rings is 1. The zero-order chi connectivity index (χ0) is 36.7. The van der Waals surface area contributed by atoms with Crippen molar-refractivity contribution in [3.05, 3.63) is 191 Å². The van der Waals surface area contributed by atoms with Crippen molar-refractivity contribution in [2.24, 2.45) is 11.8 Å². The van der Waals surface area contributed by atoms with Crippen LogP contribution in [0.1, 0.15) is 78.8 Å². The van der Waals surface area contributed by atoms with E-state index in [0.29, 0.717) is 11.4 Å². The van der Waals surface area contributed by atoms with Gasteiger partial charge >= 0.3 is 0 Å². The van der Waals surface area contributed by atoms with Crippen LogP contribution in [0.2, 0.25) is 0 Å². The molecule has 262 valence electrons. The van der Waals surface area contributed by atoms with Gasteiger partial charge in [-0.15, -0.1) is 0 Å². The van der Waals surface area contributed by atoms with E-state index in [1.165, 1.54) is 6.07 Å². The number of carbonyl (C=O) groups excluding carboxylic acids is 3. The highest BCUT2D eigenvalue weighted by molar-refractivity contribution is 6.13. The van der Waals surface area contributed by atoms with Crippen molar-refractivity contribution < 1.29 is 19.5 Å². The van der Waals surface area contributed by atoms with Gasteiger partial charge in [0.1, 0.15) is 17.4 Å². The molecule has 8 nitrogen and oxygen atoms in total. The quantitative estimate of drug-likeness (QED) is 0.127. The normalized spacial score (nSPS) is 23.7. The van der Waals surface area contributed by atoms with Crippen LogP contribution in [0.5, 0.6) is 5.75 Å². The van der Waals surface area contributed by atoms with E-state index < -0.39 is 46.9 Å². The van der Waals surface area contributed by atoms with Crippen molar-refractivity contribution in [2.75, 3.05) is 0 Å². The van der Waals surface area contributed by atoms with Gasteiger partial charge < -0.3 is 10.0 Å². The number of fused-ring (bicyclic) bond motifs is 1. The first-order valence-electron chi connectivity index (χ1n) is 17.9. The summed E-state index contributed by atoms with van der Waals surface area (Å²) in [5.74, 6) is -4.78. The minimum Gasteiger partial charge on any atom is -0.507 e. The summed E-state index contributed by atoms with van der Waals surface area (Å²) in [6.07, 6.45) is 5.17. The number of amides is 1. The molecule has 0 unspecified atom stereocenters. The Labute approximate surface area is 308 Å². The van der Waals surface area contributed by atoms with Gasteiger partial charge in [-0.05, 0) is 79.9 Å². The Kier molecular flexibility index (Phi) is 8.74.